The van der Waals surface area contributed by atoms with Crippen LogP contribution in [-0.2, 0) is 22.4 Å². The first-order valence-electron chi connectivity index (χ1n) is 4.78. The molecule has 0 atom stereocenters. The third kappa shape index (κ3) is 2.34. The number of H-pyrrole nitrogens is 1. The lowest BCUT2D eigenvalue weighted by atomic mass is 10.1. The van der Waals surface area contributed by atoms with Gasteiger partial charge in [-0.2, -0.15) is 5.10 Å². The van der Waals surface area contributed by atoms with E-state index in [2.05, 4.69) is 21.9 Å². The van der Waals surface area contributed by atoms with E-state index in [0.29, 0.717) is 12.8 Å². The van der Waals surface area contributed by atoms with Crippen LogP contribution in [0.4, 0.5) is 0 Å². The summed E-state index contributed by atoms with van der Waals surface area (Å²) in [6, 6.07) is 0. The average molecular weight is 196 g/mol. The molecule has 4 heteroatoms. The molecule has 0 aliphatic heterocycles. The monoisotopic (exact) mass is 196 g/mol. The van der Waals surface area contributed by atoms with Crippen LogP contribution in [0.15, 0.2) is 0 Å². The fraction of sp³-hybridized carbons (Fsp3) is 0.600. The van der Waals surface area contributed by atoms with Crippen LogP contribution in [0.3, 0.4) is 0 Å². The van der Waals surface area contributed by atoms with Crippen LogP contribution in [0.1, 0.15) is 30.3 Å². The molecule has 0 bridgehead atoms. The largest absolute Gasteiger partial charge is 0.469 e. The van der Waals surface area contributed by atoms with Crippen LogP contribution < -0.4 is 0 Å². The average Bonchev–Trinajstić information content (AvgIpc) is 2.55. The molecule has 0 spiro atoms. The van der Waals surface area contributed by atoms with E-state index >= 15 is 0 Å². The van der Waals surface area contributed by atoms with Gasteiger partial charge in [0.15, 0.2) is 0 Å². The Morgan fingerprint density at radius 3 is 2.86 bits per heavy atom. The Kier molecular flexibility index (Phi) is 3.68. The molecule has 0 unspecified atom stereocenters. The molecule has 4 nitrogen and oxygen atoms in total. The van der Waals surface area contributed by atoms with Crippen molar-refractivity contribution in [2.24, 2.45) is 0 Å². The van der Waals surface area contributed by atoms with E-state index in [4.69, 9.17) is 0 Å². The number of nitrogens with zero attached hydrogens (tertiary/aromatic N) is 1. The van der Waals surface area contributed by atoms with Crippen molar-refractivity contribution in [3.8, 4) is 0 Å². The standard InChI is InChI=1S/C10H16N2O2/c1-4-9-8(7(2)11-12-9)5-6-10(13)14-3/h4-6H2,1-3H3,(H,11,12). The van der Waals surface area contributed by atoms with Gasteiger partial charge >= 0.3 is 5.97 Å². The number of hydrogen-bond donors (Lipinski definition) is 1. The molecule has 1 aromatic rings. The molecule has 1 heterocycles. The third-order valence-corrected chi connectivity index (χ3v) is 2.30. The van der Waals surface area contributed by atoms with E-state index in [0.717, 1.165) is 23.4 Å². The van der Waals surface area contributed by atoms with Gasteiger partial charge in [-0.25, -0.2) is 0 Å². The van der Waals surface area contributed by atoms with Crippen LogP contribution >= 0.6 is 0 Å². The van der Waals surface area contributed by atoms with Crippen LogP contribution in [0.25, 0.3) is 0 Å². The highest BCUT2D eigenvalue weighted by Gasteiger charge is 2.10. The zero-order valence-electron chi connectivity index (χ0n) is 8.89. The summed E-state index contributed by atoms with van der Waals surface area (Å²) in [5.74, 6) is -0.173. The van der Waals surface area contributed by atoms with Crippen molar-refractivity contribution in [1.29, 1.82) is 0 Å². The van der Waals surface area contributed by atoms with E-state index in [9.17, 15) is 4.79 Å². The predicted molar refractivity (Wildman–Crippen MR) is 53.0 cm³/mol. The quantitative estimate of drug-likeness (QED) is 0.740. The van der Waals surface area contributed by atoms with Crippen molar-refractivity contribution in [2.75, 3.05) is 7.11 Å². The van der Waals surface area contributed by atoms with Gasteiger partial charge in [0.05, 0.1) is 12.8 Å². The van der Waals surface area contributed by atoms with Crippen LogP contribution in [0.2, 0.25) is 0 Å². The molecule has 0 radical (unpaired) electrons. The summed E-state index contributed by atoms with van der Waals surface area (Å²) < 4.78 is 4.59. The number of methoxy groups -OCH3 is 1. The van der Waals surface area contributed by atoms with Crippen LogP contribution in [0.5, 0.6) is 0 Å². The van der Waals surface area contributed by atoms with Gasteiger partial charge in [0.1, 0.15) is 0 Å². The Hall–Kier alpha value is -1.32. The topological polar surface area (TPSA) is 55.0 Å². The van der Waals surface area contributed by atoms with Gasteiger partial charge in [0.25, 0.3) is 0 Å². The second-order valence-corrected chi connectivity index (χ2v) is 3.20. The lowest BCUT2D eigenvalue weighted by Crippen LogP contribution is -2.03. The Labute approximate surface area is 83.7 Å². The summed E-state index contributed by atoms with van der Waals surface area (Å²) in [6.45, 7) is 4.02. The highest BCUT2D eigenvalue weighted by Crippen LogP contribution is 2.13. The highest BCUT2D eigenvalue weighted by atomic mass is 16.5. The van der Waals surface area contributed by atoms with E-state index in [-0.39, 0.29) is 5.97 Å². The minimum atomic E-state index is -0.173. The summed E-state index contributed by atoms with van der Waals surface area (Å²) >= 11 is 0. The van der Waals surface area contributed by atoms with Gasteiger partial charge in [-0.15, -0.1) is 0 Å². The first-order chi connectivity index (χ1) is 6.69. The molecule has 1 aromatic heterocycles. The van der Waals surface area contributed by atoms with Gasteiger partial charge < -0.3 is 4.74 Å². The van der Waals surface area contributed by atoms with Crippen molar-refractivity contribution >= 4 is 5.97 Å². The number of aryl methyl sites for hydroxylation is 2. The fourth-order valence-corrected chi connectivity index (χ4v) is 1.46. The van der Waals surface area contributed by atoms with Gasteiger partial charge in [-0.3, -0.25) is 9.89 Å². The Morgan fingerprint density at radius 1 is 1.57 bits per heavy atom. The molecule has 0 amide bonds. The zero-order valence-corrected chi connectivity index (χ0v) is 8.89. The Bertz CT molecular complexity index is 318. The van der Waals surface area contributed by atoms with Gasteiger partial charge in [-0.1, -0.05) is 6.92 Å². The number of carbonyl (C=O) groups is 1. The molecule has 1 rings (SSSR count). The lowest BCUT2D eigenvalue weighted by molar-refractivity contribution is -0.140. The molecule has 0 aliphatic carbocycles. The first kappa shape index (κ1) is 10.8. The summed E-state index contributed by atoms with van der Waals surface area (Å²) in [7, 11) is 1.41. The zero-order chi connectivity index (χ0) is 10.6. The first-order valence-corrected chi connectivity index (χ1v) is 4.78. The summed E-state index contributed by atoms with van der Waals surface area (Å²) in [4.78, 5) is 11.0. The predicted octanol–water partition coefficient (Wildman–Crippen LogP) is 1.39. The number of ether oxygens (including phenoxy) is 1. The van der Waals surface area contributed by atoms with Gasteiger partial charge in [0.2, 0.25) is 0 Å². The molecule has 0 aliphatic rings. The summed E-state index contributed by atoms with van der Waals surface area (Å²) in [5.41, 5.74) is 3.25. The number of nitrogens with one attached hydrogen (secondary N) is 1. The number of aromatic amines is 1. The molecule has 1 N–H and O–H groups in total. The fourth-order valence-electron chi connectivity index (χ4n) is 1.46. The summed E-state index contributed by atoms with van der Waals surface area (Å²) in [5, 5.41) is 7.09. The molecule has 78 valence electrons. The molecular weight excluding hydrogens is 180 g/mol. The van der Waals surface area contributed by atoms with Crippen LogP contribution in [0, 0.1) is 6.92 Å². The molecule has 0 saturated heterocycles. The van der Waals surface area contributed by atoms with Crippen molar-refractivity contribution in [1.82, 2.24) is 10.2 Å². The molecule has 0 saturated carbocycles. The van der Waals surface area contributed by atoms with E-state index in [1.54, 1.807) is 0 Å². The lowest BCUT2D eigenvalue weighted by Gasteiger charge is -2.01. The Morgan fingerprint density at radius 2 is 2.29 bits per heavy atom. The number of esters is 1. The second-order valence-electron chi connectivity index (χ2n) is 3.20. The van der Waals surface area contributed by atoms with Crippen LogP contribution in [-0.4, -0.2) is 23.3 Å². The van der Waals surface area contributed by atoms with Gasteiger partial charge in [0, 0.05) is 12.1 Å². The number of aromatic nitrogens is 2. The number of carbonyl (C=O) groups excluding carboxylic acids is 1. The van der Waals surface area contributed by atoms with E-state index in [1.807, 2.05) is 6.92 Å². The highest BCUT2D eigenvalue weighted by molar-refractivity contribution is 5.69. The normalized spacial score (nSPS) is 10.2. The van der Waals surface area contributed by atoms with Crippen molar-refractivity contribution in [2.45, 2.75) is 33.1 Å². The second kappa shape index (κ2) is 4.79. The SMILES string of the molecule is CCc1n[nH]c(C)c1CCC(=O)OC. The molecular formula is C10H16N2O2. The summed E-state index contributed by atoms with van der Waals surface area (Å²) in [6.07, 6.45) is 2.02. The van der Waals surface area contributed by atoms with Gasteiger partial charge in [-0.05, 0) is 25.3 Å². The molecule has 0 aromatic carbocycles. The molecule has 0 fully saturated rings. The number of hydrogen-bond acceptors (Lipinski definition) is 3. The molecule has 14 heavy (non-hydrogen) atoms. The third-order valence-electron chi connectivity index (χ3n) is 2.30. The van der Waals surface area contributed by atoms with E-state index < -0.39 is 0 Å². The minimum absolute atomic E-state index is 0.173. The maximum Gasteiger partial charge on any atom is 0.305 e. The van der Waals surface area contributed by atoms with E-state index in [1.165, 1.54) is 7.11 Å². The number of rotatable bonds is 4. The maximum atomic E-state index is 11.0. The van der Waals surface area contributed by atoms with Crippen molar-refractivity contribution in [3.05, 3.63) is 17.0 Å². The maximum absolute atomic E-state index is 11.0. The smallest absolute Gasteiger partial charge is 0.305 e. The van der Waals surface area contributed by atoms with Crippen molar-refractivity contribution in [3.63, 3.8) is 0 Å². The van der Waals surface area contributed by atoms with Crippen molar-refractivity contribution < 1.29 is 9.53 Å². The Balaban J connectivity index is 2.65. The minimum Gasteiger partial charge on any atom is -0.469 e.